The molecule has 0 aliphatic rings. The van der Waals surface area contributed by atoms with Gasteiger partial charge in [0.25, 0.3) is 0 Å². The fourth-order valence-corrected chi connectivity index (χ4v) is 1.73. The summed E-state index contributed by atoms with van der Waals surface area (Å²) in [5.74, 6) is 0.988. The number of nitrogens with zero attached hydrogens (tertiary/aromatic N) is 2. The Kier molecular flexibility index (Phi) is 2.44. The molecule has 2 aromatic heterocycles. The van der Waals surface area contributed by atoms with Crippen molar-refractivity contribution in [2.24, 2.45) is 0 Å². The van der Waals surface area contributed by atoms with Gasteiger partial charge in [0.05, 0.1) is 22.8 Å². The first-order valence-electron chi connectivity index (χ1n) is 4.50. The normalized spacial score (nSPS) is 11.1. The topological polar surface area (TPSA) is 29.3 Å². The van der Waals surface area contributed by atoms with Gasteiger partial charge in [0.1, 0.15) is 5.82 Å². The number of aryl methyl sites for hydroxylation is 1. The minimum Gasteiger partial charge on any atom is -0.313 e. The van der Waals surface area contributed by atoms with Gasteiger partial charge in [-0.05, 0) is 26.1 Å². The zero-order valence-electron chi connectivity index (χ0n) is 8.21. The van der Waals surface area contributed by atoms with Gasteiger partial charge in [0, 0.05) is 6.20 Å². The van der Waals surface area contributed by atoms with Crippen LogP contribution in [0, 0.1) is 6.92 Å². The van der Waals surface area contributed by atoms with Crippen LogP contribution in [-0.2, 0) is 6.54 Å². The molecule has 2 heterocycles. The van der Waals surface area contributed by atoms with Crippen molar-refractivity contribution in [2.45, 2.75) is 13.5 Å². The second-order valence-electron chi connectivity index (χ2n) is 3.25. The maximum Gasteiger partial charge on any atom is 0.127 e. The van der Waals surface area contributed by atoms with E-state index in [1.807, 2.05) is 36.7 Å². The van der Waals surface area contributed by atoms with E-state index in [0.717, 1.165) is 28.6 Å². The van der Waals surface area contributed by atoms with Crippen LogP contribution < -0.4 is 5.32 Å². The Labute approximate surface area is 87.7 Å². The average Bonchev–Trinajstić information content (AvgIpc) is 2.44. The first-order valence-corrected chi connectivity index (χ1v) is 4.88. The summed E-state index contributed by atoms with van der Waals surface area (Å²) in [5, 5.41) is 3.81. The van der Waals surface area contributed by atoms with Crippen molar-refractivity contribution in [3.05, 3.63) is 34.9 Å². The van der Waals surface area contributed by atoms with Crippen LogP contribution in [0.5, 0.6) is 0 Å². The van der Waals surface area contributed by atoms with Gasteiger partial charge in [-0.15, -0.1) is 0 Å². The van der Waals surface area contributed by atoms with Gasteiger partial charge in [-0.1, -0.05) is 11.6 Å². The number of aromatic nitrogens is 2. The lowest BCUT2D eigenvalue weighted by Crippen LogP contribution is -2.08. The Bertz CT molecular complexity index is 462. The molecule has 0 bridgehead atoms. The van der Waals surface area contributed by atoms with Crippen LogP contribution in [0.25, 0.3) is 5.52 Å². The van der Waals surface area contributed by atoms with Gasteiger partial charge < -0.3 is 9.72 Å². The average molecular weight is 210 g/mol. The molecule has 74 valence electrons. The van der Waals surface area contributed by atoms with Crippen LogP contribution >= 0.6 is 11.6 Å². The van der Waals surface area contributed by atoms with Gasteiger partial charge in [0.2, 0.25) is 0 Å². The molecule has 0 unspecified atom stereocenters. The first kappa shape index (κ1) is 9.49. The molecule has 0 radical (unpaired) electrons. The molecule has 0 saturated carbocycles. The highest BCUT2D eigenvalue weighted by Gasteiger charge is 2.06. The molecule has 0 saturated heterocycles. The molecule has 0 aliphatic carbocycles. The van der Waals surface area contributed by atoms with Crippen molar-refractivity contribution in [2.75, 3.05) is 7.05 Å². The molecule has 2 rings (SSSR count). The molecular weight excluding hydrogens is 198 g/mol. The molecule has 3 nitrogen and oxygen atoms in total. The molecule has 0 fully saturated rings. The van der Waals surface area contributed by atoms with Crippen LogP contribution in [0.2, 0.25) is 5.02 Å². The van der Waals surface area contributed by atoms with E-state index in [1.165, 1.54) is 0 Å². The number of rotatable bonds is 2. The zero-order chi connectivity index (χ0) is 10.1. The molecule has 0 atom stereocenters. The smallest absolute Gasteiger partial charge is 0.127 e. The lowest BCUT2D eigenvalue weighted by Gasteiger charge is -2.00. The molecule has 0 aromatic carbocycles. The van der Waals surface area contributed by atoms with E-state index in [2.05, 4.69) is 10.3 Å². The quantitative estimate of drug-likeness (QED) is 0.820. The SMILES string of the molecule is CNCc1nc(C)c2ccc(Cl)cn12. The number of imidazole rings is 1. The number of hydrogen-bond donors (Lipinski definition) is 1. The highest BCUT2D eigenvalue weighted by Crippen LogP contribution is 2.16. The summed E-state index contributed by atoms with van der Waals surface area (Å²) < 4.78 is 2.02. The lowest BCUT2D eigenvalue weighted by molar-refractivity contribution is 0.754. The number of nitrogens with one attached hydrogen (secondary N) is 1. The maximum atomic E-state index is 5.93. The monoisotopic (exact) mass is 209 g/mol. The summed E-state index contributed by atoms with van der Waals surface area (Å²) in [6, 6.07) is 3.87. The van der Waals surface area contributed by atoms with Crippen LogP contribution in [0.4, 0.5) is 0 Å². The Morgan fingerprint density at radius 2 is 2.29 bits per heavy atom. The van der Waals surface area contributed by atoms with E-state index in [-0.39, 0.29) is 0 Å². The van der Waals surface area contributed by atoms with E-state index < -0.39 is 0 Å². The predicted octanol–water partition coefficient (Wildman–Crippen LogP) is 2.02. The van der Waals surface area contributed by atoms with Gasteiger partial charge in [-0.2, -0.15) is 0 Å². The van der Waals surface area contributed by atoms with Gasteiger partial charge in [-0.3, -0.25) is 0 Å². The number of pyridine rings is 1. The second-order valence-corrected chi connectivity index (χ2v) is 3.68. The number of halogens is 1. The number of fused-ring (bicyclic) bond motifs is 1. The summed E-state index contributed by atoms with van der Waals surface area (Å²) in [5.41, 5.74) is 2.14. The minimum absolute atomic E-state index is 0.729. The molecule has 1 N–H and O–H groups in total. The fourth-order valence-electron chi connectivity index (χ4n) is 1.57. The van der Waals surface area contributed by atoms with E-state index in [4.69, 9.17) is 11.6 Å². The van der Waals surface area contributed by atoms with Crippen LogP contribution in [0.1, 0.15) is 11.5 Å². The minimum atomic E-state index is 0.729. The molecule has 14 heavy (non-hydrogen) atoms. The third kappa shape index (κ3) is 1.49. The summed E-state index contributed by atoms with van der Waals surface area (Å²) in [6.45, 7) is 2.75. The highest BCUT2D eigenvalue weighted by molar-refractivity contribution is 6.30. The van der Waals surface area contributed by atoms with Crippen molar-refractivity contribution in [3.8, 4) is 0 Å². The van der Waals surface area contributed by atoms with E-state index in [9.17, 15) is 0 Å². The Balaban J connectivity index is 2.66. The third-order valence-corrected chi connectivity index (χ3v) is 2.42. The number of hydrogen-bond acceptors (Lipinski definition) is 2. The Morgan fingerprint density at radius 3 is 3.00 bits per heavy atom. The molecule has 2 aromatic rings. The zero-order valence-corrected chi connectivity index (χ0v) is 8.97. The largest absolute Gasteiger partial charge is 0.313 e. The fraction of sp³-hybridized carbons (Fsp3) is 0.300. The van der Waals surface area contributed by atoms with Crippen molar-refractivity contribution in [3.63, 3.8) is 0 Å². The first-order chi connectivity index (χ1) is 6.72. The Morgan fingerprint density at radius 1 is 1.50 bits per heavy atom. The van der Waals surface area contributed by atoms with Crippen LogP contribution in [0.15, 0.2) is 18.3 Å². The van der Waals surface area contributed by atoms with Gasteiger partial charge in [0.15, 0.2) is 0 Å². The second kappa shape index (κ2) is 3.59. The van der Waals surface area contributed by atoms with E-state index in [1.54, 1.807) is 0 Å². The molecule has 0 aliphatic heterocycles. The van der Waals surface area contributed by atoms with Crippen molar-refractivity contribution in [1.29, 1.82) is 0 Å². The van der Waals surface area contributed by atoms with E-state index in [0.29, 0.717) is 0 Å². The molecule has 0 amide bonds. The third-order valence-electron chi connectivity index (χ3n) is 2.19. The summed E-state index contributed by atoms with van der Waals surface area (Å²) in [4.78, 5) is 4.46. The van der Waals surface area contributed by atoms with Crippen LogP contribution in [0.3, 0.4) is 0 Å². The molecule has 4 heteroatoms. The summed E-state index contributed by atoms with van der Waals surface area (Å²) >= 11 is 5.93. The van der Waals surface area contributed by atoms with Gasteiger partial charge >= 0.3 is 0 Å². The molecular formula is C10H12ClN3. The summed E-state index contributed by atoms with van der Waals surface area (Å²) in [6.07, 6.45) is 1.89. The van der Waals surface area contributed by atoms with Crippen LogP contribution in [-0.4, -0.2) is 16.4 Å². The lowest BCUT2D eigenvalue weighted by atomic mass is 10.3. The molecule has 0 spiro atoms. The Hall–Kier alpha value is -1.06. The van der Waals surface area contributed by atoms with Crippen molar-refractivity contribution >= 4 is 17.1 Å². The van der Waals surface area contributed by atoms with Crippen molar-refractivity contribution < 1.29 is 0 Å². The standard InChI is InChI=1S/C10H12ClN3/c1-7-9-4-3-8(11)6-14(9)10(13-7)5-12-2/h3-4,6,12H,5H2,1-2H3. The van der Waals surface area contributed by atoms with Crippen molar-refractivity contribution in [1.82, 2.24) is 14.7 Å². The maximum absolute atomic E-state index is 5.93. The predicted molar refractivity (Wildman–Crippen MR) is 57.7 cm³/mol. The van der Waals surface area contributed by atoms with E-state index >= 15 is 0 Å². The summed E-state index contributed by atoms with van der Waals surface area (Å²) in [7, 11) is 1.90. The van der Waals surface area contributed by atoms with Gasteiger partial charge in [-0.25, -0.2) is 4.98 Å². The highest BCUT2D eigenvalue weighted by atomic mass is 35.5.